The molecule has 27 heteroatoms. The summed E-state index contributed by atoms with van der Waals surface area (Å²) in [5.74, 6) is -1.64. The third kappa shape index (κ3) is 17.4. The van der Waals surface area contributed by atoms with Crippen molar-refractivity contribution in [2.75, 3.05) is 6.61 Å². The first-order valence-electron chi connectivity index (χ1n) is 34.5. The van der Waals surface area contributed by atoms with Gasteiger partial charge in [0.2, 0.25) is 0 Å². The molecule has 0 aliphatic heterocycles. The first-order chi connectivity index (χ1) is 53.4. The van der Waals surface area contributed by atoms with Crippen LogP contribution >= 0.6 is 15.9 Å². The van der Waals surface area contributed by atoms with Gasteiger partial charge in [-0.1, -0.05) is 109 Å². The lowest BCUT2D eigenvalue weighted by Gasteiger charge is -2.10. The standard InChI is InChI=1S/C29H26N2O4.C20H16N4O3.C17H13BrN2O3.C17H12N4O4/c32-17-28(34)24-9-10-26-25(16-24)29(35)31(18-30-26)12-11-19-3-1-4-21(13-19)22-5-2-6-23(15-22)27(33)14-20-7-8-20;25-19(22-27)16-5-4-15-8-11-23(20(26)18(15)12-16)13-14-2-6-17(7-3-14)24-10-1-9-21-24;18-15-10-20(9-11-4-2-1-3-5-11)17(22)14-8-12(16(21)19-23)6-7-13(14)15;22-16(18-24)12-3-2-11-5-6-21(17(23)13(11)8-12)9-10-1-4-14-15(7-10)20-25-19-14/h1-6,9-10,13,15-16,18,20,32H,7-8,11-12,14,17H2;1-12,27H,13H2,(H,22,25);1-8,10,23H,9H2,(H,19,21);1-8,24H,9H2,(H,18,22). The van der Waals surface area contributed by atoms with Crippen LogP contribution in [0, 0.1) is 5.92 Å². The Morgan fingerprint density at radius 1 is 0.455 bits per heavy atom. The van der Waals surface area contributed by atoms with E-state index in [0.717, 1.165) is 67.3 Å². The van der Waals surface area contributed by atoms with Gasteiger partial charge < -0.3 is 18.8 Å². The number of aliphatic hydroxyl groups is 1. The molecule has 26 nitrogen and oxygen atoms in total. The maximum atomic E-state index is 13.0. The van der Waals surface area contributed by atoms with Crippen molar-refractivity contribution < 1.29 is 49.3 Å². The lowest BCUT2D eigenvalue weighted by molar-refractivity contribution is 0.0702. The summed E-state index contributed by atoms with van der Waals surface area (Å²) in [6, 6.07) is 63.0. The van der Waals surface area contributed by atoms with Crippen molar-refractivity contribution in [1.82, 2.24) is 59.8 Å². The monoisotopic (exact) mass is 1530 g/mol. The average molecular weight is 1540 g/mol. The number of carbonyl (C=O) groups excluding carboxylic acids is 5. The van der Waals surface area contributed by atoms with Crippen LogP contribution in [0.1, 0.15) is 93.3 Å². The molecule has 550 valence electrons. The summed E-state index contributed by atoms with van der Waals surface area (Å²) in [5, 5.41) is 50.9. The Kier molecular flexibility index (Phi) is 23.0. The number of nitrogens with zero attached hydrogens (tertiary/aromatic N) is 9. The molecule has 1 saturated carbocycles. The second-order valence-corrected chi connectivity index (χ2v) is 26.8. The van der Waals surface area contributed by atoms with E-state index in [9.17, 15) is 43.2 Å². The number of carbonyl (C=O) groups is 5. The van der Waals surface area contributed by atoms with Crippen LogP contribution in [-0.4, -0.2) is 100.0 Å². The van der Waals surface area contributed by atoms with Crippen molar-refractivity contribution in [2.24, 2.45) is 5.92 Å². The molecule has 1 aliphatic rings. The van der Waals surface area contributed by atoms with Crippen LogP contribution in [0.15, 0.2) is 278 Å². The fourth-order valence-corrected chi connectivity index (χ4v) is 13.1. The van der Waals surface area contributed by atoms with Crippen LogP contribution in [-0.2, 0) is 32.6 Å². The van der Waals surface area contributed by atoms with E-state index in [-0.39, 0.29) is 44.7 Å². The van der Waals surface area contributed by atoms with Gasteiger partial charge in [0.05, 0.1) is 42.6 Å². The number of hydrogen-bond donors (Lipinski definition) is 7. The maximum absolute atomic E-state index is 13.0. The average Bonchev–Trinajstić information content (AvgIpc) is 0.822. The second-order valence-electron chi connectivity index (χ2n) is 25.9. The number of aromatic nitrogens is 9. The van der Waals surface area contributed by atoms with Gasteiger partial charge in [0.25, 0.3) is 40.0 Å². The van der Waals surface area contributed by atoms with E-state index in [1.54, 1.807) is 126 Å². The predicted molar refractivity (Wildman–Crippen MR) is 414 cm³/mol. The summed E-state index contributed by atoms with van der Waals surface area (Å²) >= 11 is 3.46. The molecular weight excluding hydrogens is 1470 g/mol. The molecule has 6 aromatic heterocycles. The number of hydrogen-bond acceptors (Lipinski definition) is 18. The SMILES string of the molecule is O=C(CO)c1ccc2ncn(CCc3cccc(-c4cccc(C(=O)CC5CC5)c4)c3)c(=O)c2c1.O=C(NO)c1ccc2c(Br)cn(Cc3ccccc3)c(=O)c2c1.O=C(NO)c1ccc2ccn(Cc3ccc(-n4cccn4)cc3)c(=O)c2c1.O=C(NO)c1ccc2ccn(Cc3ccc4nonc4c3)c(=O)c2c1. The molecular formula is C83H67BrN12O14. The van der Waals surface area contributed by atoms with Gasteiger partial charge in [-0.3, -0.25) is 63.3 Å². The minimum absolute atomic E-state index is 0.195. The molecule has 1 aliphatic carbocycles. The largest absolute Gasteiger partial charge is 0.388 e. The van der Waals surface area contributed by atoms with Crippen molar-refractivity contribution in [2.45, 2.75) is 51.9 Å². The number of aliphatic hydroxyl groups excluding tert-OH is 1. The molecule has 0 atom stereocenters. The van der Waals surface area contributed by atoms with Crippen LogP contribution < -0.4 is 38.7 Å². The van der Waals surface area contributed by atoms with Crippen molar-refractivity contribution in [3.05, 3.63) is 346 Å². The smallest absolute Gasteiger partial charge is 0.274 e. The third-order valence-electron chi connectivity index (χ3n) is 18.6. The first-order valence-corrected chi connectivity index (χ1v) is 35.3. The van der Waals surface area contributed by atoms with Gasteiger partial charge in [0.15, 0.2) is 11.6 Å². The molecule has 16 rings (SSSR count). The van der Waals surface area contributed by atoms with Crippen molar-refractivity contribution in [1.29, 1.82) is 0 Å². The fourth-order valence-electron chi connectivity index (χ4n) is 12.5. The number of fused-ring (bicyclic) bond motifs is 5. The number of nitrogens with one attached hydrogen (secondary N) is 3. The highest BCUT2D eigenvalue weighted by Crippen LogP contribution is 2.34. The lowest BCUT2D eigenvalue weighted by Crippen LogP contribution is -2.22. The van der Waals surface area contributed by atoms with Gasteiger partial charge in [-0.25, -0.2) is 30.7 Å². The van der Waals surface area contributed by atoms with Crippen molar-refractivity contribution >= 4 is 99.5 Å². The summed E-state index contributed by atoms with van der Waals surface area (Å²) in [5.41, 5.74) is 14.2. The van der Waals surface area contributed by atoms with Crippen LogP contribution in [0.5, 0.6) is 0 Å². The number of pyridine rings is 3. The number of benzene rings is 9. The third-order valence-corrected chi connectivity index (χ3v) is 19.2. The van der Waals surface area contributed by atoms with Crippen LogP contribution in [0.25, 0.3) is 71.1 Å². The Morgan fingerprint density at radius 3 is 1.63 bits per heavy atom. The zero-order valence-electron chi connectivity index (χ0n) is 58.4. The molecule has 0 bridgehead atoms. The van der Waals surface area contributed by atoms with Gasteiger partial charge in [-0.05, 0) is 199 Å². The summed E-state index contributed by atoms with van der Waals surface area (Å²) < 4.78 is 13.5. The van der Waals surface area contributed by atoms with Gasteiger partial charge >= 0.3 is 0 Å². The molecule has 0 spiro atoms. The molecule has 3 amide bonds. The van der Waals surface area contributed by atoms with E-state index in [1.807, 2.05) is 121 Å². The zero-order chi connectivity index (χ0) is 77.0. The predicted octanol–water partition coefficient (Wildman–Crippen LogP) is 11.5. The van der Waals surface area contributed by atoms with E-state index >= 15 is 0 Å². The topological polar surface area (TPSA) is 360 Å². The number of hydroxylamine groups is 3. The molecule has 0 radical (unpaired) electrons. The molecule has 15 aromatic rings. The second kappa shape index (κ2) is 33.9. The Morgan fingerprint density at radius 2 is 0.991 bits per heavy atom. The number of Topliss-reactive ketones (excluding diaryl/α,β-unsaturated/α-hetero) is 2. The number of aryl methyl sites for hydroxylation is 2. The summed E-state index contributed by atoms with van der Waals surface area (Å²) in [7, 11) is 0. The molecule has 0 unspecified atom stereocenters. The van der Waals surface area contributed by atoms with Gasteiger partial charge in [-0.2, -0.15) is 5.10 Å². The summed E-state index contributed by atoms with van der Waals surface area (Å²) in [4.78, 5) is 115. The highest BCUT2D eigenvalue weighted by Gasteiger charge is 2.25. The number of halogens is 1. The van der Waals surface area contributed by atoms with Crippen LogP contribution in [0.2, 0.25) is 0 Å². The maximum Gasteiger partial charge on any atom is 0.274 e. The Hall–Kier alpha value is -13.6. The van der Waals surface area contributed by atoms with E-state index in [0.29, 0.717) is 99.4 Å². The Balaban J connectivity index is 0.000000131. The van der Waals surface area contributed by atoms with E-state index < -0.39 is 30.1 Å². The van der Waals surface area contributed by atoms with E-state index in [1.165, 1.54) is 35.2 Å². The van der Waals surface area contributed by atoms with Gasteiger partial charge in [0.1, 0.15) is 17.6 Å². The van der Waals surface area contributed by atoms with E-state index in [4.69, 9.17) is 20.7 Å². The minimum atomic E-state index is -0.666. The molecule has 9 aromatic carbocycles. The Bertz CT molecular complexity index is 6250. The lowest BCUT2D eigenvalue weighted by atomic mass is 9.97. The van der Waals surface area contributed by atoms with Crippen LogP contribution in [0.4, 0.5) is 0 Å². The number of ketones is 2. The Labute approximate surface area is 632 Å². The fraction of sp³-hybridized carbons (Fsp3) is 0.120. The highest BCUT2D eigenvalue weighted by atomic mass is 79.9. The zero-order valence-corrected chi connectivity index (χ0v) is 60.0. The normalized spacial score (nSPS) is 11.6. The molecule has 6 heterocycles. The minimum Gasteiger partial charge on any atom is -0.388 e. The van der Waals surface area contributed by atoms with Crippen LogP contribution in [0.3, 0.4) is 0 Å². The highest BCUT2D eigenvalue weighted by molar-refractivity contribution is 9.10. The summed E-state index contributed by atoms with van der Waals surface area (Å²) in [6.45, 7) is 1.01. The number of amides is 3. The number of rotatable bonds is 19. The van der Waals surface area contributed by atoms with Crippen molar-refractivity contribution in [3.63, 3.8) is 0 Å². The van der Waals surface area contributed by atoms with Crippen molar-refractivity contribution in [3.8, 4) is 16.8 Å². The summed E-state index contributed by atoms with van der Waals surface area (Å²) in [6.07, 6.45) is 13.8. The van der Waals surface area contributed by atoms with Gasteiger partial charge in [-0.15, -0.1) is 0 Å². The first kappa shape index (κ1) is 74.7. The molecule has 110 heavy (non-hydrogen) atoms. The molecule has 7 N–H and O–H groups in total. The molecule has 1 fully saturated rings. The van der Waals surface area contributed by atoms with E-state index in [2.05, 4.69) is 47.0 Å². The molecule has 0 saturated heterocycles. The van der Waals surface area contributed by atoms with Gasteiger partial charge in [0, 0.05) is 97.8 Å². The quantitative estimate of drug-likeness (QED) is 0.0225.